The van der Waals surface area contributed by atoms with E-state index in [1.165, 1.54) is 22.3 Å². The molecule has 0 aliphatic rings. The molecule has 6 heteroatoms. The standard InChI is InChI=1S/C24H32N6/c1-4-29(3)18-21-10-7-9-20(15-21)16-26-24(25-2)27-17-22-11-5-6-12-23(22)19-30-14-8-13-28-30/h5-15H,4,16-19H2,1-3H3,(H2,25,26,27). The van der Waals surface area contributed by atoms with Gasteiger partial charge in [0, 0.05) is 39.1 Å². The summed E-state index contributed by atoms with van der Waals surface area (Å²) in [5.41, 5.74) is 5.06. The lowest BCUT2D eigenvalue weighted by Crippen LogP contribution is -2.36. The second-order valence-corrected chi connectivity index (χ2v) is 7.40. The molecular formula is C24H32N6. The van der Waals surface area contributed by atoms with E-state index >= 15 is 0 Å². The Kier molecular flexibility index (Phi) is 8.03. The van der Waals surface area contributed by atoms with Crippen LogP contribution in [0.15, 0.2) is 72.0 Å². The molecule has 2 N–H and O–H groups in total. The van der Waals surface area contributed by atoms with Gasteiger partial charge in [0.25, 0.3) is 0 Å². The molecule has 0 fully saturated rings. The van der Waals surface area contributed by atoms with Crippen LogP contribution in [0.3, 0.4) is 0 Å². The smallest absolute Gasteiger partial charge is 0.191 e. The van der Waals surface area contributed by atoms with Gasteiger partial charge >= 0.3 is 0 Å². The van der Waals surface area contributed by atoms with Gasteiger partial charge in [0.15, 0.2) is 5.96 Å². The predicted octanol–water partition coefficient (Wildman–Crippen LogP) is 3.25. The van der Waals surface area contributed by atoms with Crippen molar-refractivity contribution in [2.24, 2.45) is 4.99 Å². The number of guanidine groups is 1. The van der Waals surface area contributed by atoms with Crippen LogP contribution in [0.4, 0.5) is 0 Å². The molecule has 2 aromatic carbocycles. The van der Waals surface area contributed by atoms with Crippen LogP contribution < -0.4 is 10.6 Å². The molecule has 0 spiro atoms. The van der Waals surface area contributed by atoms with Crippen LogP contribution in [-0.2, 0) is 26.2 Å². The summed E-state index contributed by atoms with van der Waals surface area (Å²) in [7, 11) is 3.94. The maximum absolute atomic E-state index is 4.38. The Hall–Kier alpha value is -3.12. The number of hydrogen-bond donors (Lipinski definition) is 2. The minimum Gasteiger partial charge on any atom is -0.352 e. The molecule has 0 amide bonds. The number of benzene rings is 2. The third-order valence-corrected chi connectivity index (χ3v) is 5.12. The van der Waals surface area contributed by atoms with E-state index in [-0.39, 0.29) is 0 Å². The SMILES string of the molecule is CCN(C)Cc1cccc(CNC(=NC)NCc2ccccc2Cn2cccn2)c1. The van der Waals surface area contributed by atoms with Crippen molar-refractivity contribution >= 4 is 5.96 Å². The number of aliphatic imine (C=N–C) groups is 1. The van der Waals surface area contributed by atoms with E-state index in [0.29, 0.717) is 6.54 Å². The van der Waals surface area contributed by atoms with Crippen LogP contribution in [0.1, 0.15) is 29.2 Å². The van der Waals surface area contributed by atoms with Crippen LogP contribution >= 0.6 is 0 Å². The average Bonchev–Trinajstić information content (AvgIpc) is 3.28. The fourth-order valence-electron chi connectivity index (χ4n) is 3.30. The minimum absolute atomic E-state index is 0.707. The van der Waals surface area contributed by atoms with Gasteiger partial charge in [-0.2, -0.15) is 5.10 Å². The third kappa shape index (κ3) is 6.46. The van der Waals surface area contributed by atoms with Crippen LogP contribution in [0, 0.1) is 0 Å². The molecule has 0 atom stereocenters. The van der Waals surface area contributed by atoms with E-state index in [1.54, 1.807) is 7.05 Å². The van der Waals surface area contributed by atoms with Gasteiger partial charge in [0.05, 0.1) is 6.54 Å². The maximum Gasteiger partial charge on any atom is 0.191 e. The van der Waals surface area contributed by atoms with Crippen LogP contribution in [0.5, 0.6) is 0 Å². The van der Waals surface area contributed by atoms with Crippen LogP contribution in [0.2, 0.25) is 0 Å². The van der Waals surface area contributed by atoms with Gasteiger partial charge in [0.1, 0.15) is 0 Å². The van der Waals surface area contributed by atoms with Gasteiger partial charge < -0.3 is 15.5 Å². The highest BCUT2D eigenvalue weighted by Gasteiger charge is 2.05. The molecule has 6 nitrogen and oxygen atoms in total. The number of aromatic nitrogens is 2. The molecule has 1 heterocycles. The zero-order valence-corrected chi connectivity index (χ0v) is 18.2. The van der Waals surface area contributed by atoms with Crippen molar-refractivity contribution in [3.05, 3.63) is 89.2 Å². The van der Waals surface area contributed by atoms with E-state index in [9.17, 15) is 0 Å². The van der Waals surface area contributed by atoms with Crippen molar-refractivity contribution in [2.45, 2.75) is 33.1 Å². The average molecular weight is 405 g/mol. The third-order valence-electron chi connectivity index (χ3n) is 5.12. The number of nitrogens with one attached hydrogen (secondary N) is 2. The van der Waals surface area contributed by atoms with Crippen molar-refractivity contribution in [2.75, 3.05) is 20.6 Å². The molecule has 0 radical (unpaired) electrons. The van der Waals surface area contributed by atoms with E-state index in [0.717, 1.165) is 32.1 Å². The topological polar surface area (TPSA) is 57.5 Å². The zero-order chi connectivity index (χ0) is 21.2. The molecule has 0 aliphatic carbocycles. The largest absolute Gasteiger partial charge is 0.352 e. The van der Waals surface area contributed by atoms with E-state index in [2.05, 4.69) is 88.1 Å². The lowest BCUT2D eigenvalue weighted by atomic mass is 10.1. The Morgan fingerprint density at radius 3 is 2.50 bits per heavy atom. The molecule has 0 saturated heterocycles. The molecule has 0 bridgehead atoms. The summed E-state index contributed by atoms with van der Waals surface area (Å²) in [6.45, 7) is 6.38. The summed E-state index contributed by atoms with van der Waals surface area (Å²) in [5, 5.41) is 11.2. The van der Waals surface area contributed by atoms with Crippen molar-refractivity contribution in [1.82, 2.24) is 25.3 Å². The lowest BCUT2D eigenvalue weighted by molar-refractivity contribution is 0.345. The summed E-state index contributed by atoms with van der Waals surface area (Å²) in [4.78, 5) is 6.68. The van der Waals surface area contributed by atoms with E-state index in [4.69, 9.17) is 0 Å². The molecule has 30 heavy (non-hydrogen) atoms. The Morgan fingerprint density at radius 1 is 1.00 bits per heavy atom. The van der Waals surface area contributed by atoms with Crippen LogP contribution in [-0.4, -0.2) is 41.3 Å². The Balaban J connectivity index is 1.55. The van der Waals surface area contributed by atoms with Gasteiger partial charge in [0.2, 0.25) is 0 Å². The highest BCUT2D eigenvalue weighted by atomic mass is 15.3. The monoisotopic (exact) mass is 404 g/mol. The number of rotatable bonds is 9. The lowest BCUT2D eigenvalue weighted by Gasteiger charge is -2.16. The first kappa shape index (κ1) is 21.6. The molecule has 3 rings (SSSR count). The molecule has 158 valence electrons. The first-order valence-corrected chi connectivity index (χ1v) is 10.4. The maximum atomic E-state index is 4.38. The summed E-state index contributed by atoms with van der Waals surface area (Å²) < 4.78 is 1.94. The van der Waals surface area contributed by atoms with Crippen molar-refractivity contribution in [3.8, 4) is 0 Å². The fraction of sp³-hybridized carbons (Fsp3) is 0.333. The van der Waals surface area contributed by atoms with Gasteiger partial charge in [-0.3, -0.25) is 9.67 Å². The first-order chi connectivity index (χ1) is 14.7. The number of nitrogens with zero attached hydrogens (tertiary/aromatic N) is 4. The van der Waals surface area contributed by atoms with Gasteiger partial charge in [-0.15, -0.1) is 0 Å². The summed E-state index contributed by atoms with van der Waals surface area (Å²) in [5.74, 6) is 0.792. The van der Waals surface area contributed by atoms with Crippen molar-refractivity contribution in [3.63, 3.8) is 0 Å². The van der Waals surface area contributed by atoms with Gasteiger partial charge in [-0.1, -0.05) is 55.5 Å². The van der Waals surface area contributed by atoms with Crippen molar-refractivity contribution < 1.29 is 0 Å². The van der Waals surface area contributed by atoms with E-state index < -0.39 is 0 Å². The van der Waals surface area contributed by atoms with Gasteiger partial charge in [-0.25, -0.2) is 0 Å². The van der Waals surface area contributed by atoms with Gasteiger partial charge in [-0.05, 0) is 41.9 Å². The summed E-state index contributed by atoms with van der Waals surface area (Å²) >= 11 is 0. The first-order valence-electron chi connectivity index (χ1n) is 10.4. The highest BCUT2D eigenvalue weighted by molar-refractivity contribution is 5.79. The Labute approximate surface area is 179 Å². The Bertz CT molecular complexity index is 932. The second-order valence-electron chi connectivity index (χ2n) is 7.40. The molecule has 0 saturated carbocycles. The number of hydrogen-bond acceptors (Lipinski definition) is 3. The zero-order valence-electron chi connectivity index (χ0n) is 18.2. The molecule has 0 aliphatic heterocycles. The fourth-order valence-corrected chi connectivity index (χ4v) is 3.30. The second kappa shape index (κ2) is 11.2. The summed E-state index contributed by atoms with van der Waals surface area (Å²) in [6, 6.07) is 19.1. The minimum atomic E-state index is 0.707. The van der Waals surface area contributed by atoms with E-state index in [1.807, 2.05) is 23.1 Å². The molecule has 3 aromatic rings. The van der Waals surface area contributed by atoms with Crippen molar-refractivity contribution in [1.29, 1.82) is 0 Å². The Morgan fingerprint density at radius 2 is 1.77 bits per heavy atom. The highest BCUT2D eigenvalue weighted by Crippen LogP contribution is 2.11. The van der Waals surface area contributed by atoms with Crippen LogP contribution in [0.25, 0.3) is 0 Å². The molecule has 1 aromatic heterocycles. The summed E-state index contributed by atoms with van der Waals surface area (Å²) in [6.07, 6.45) is 3.79. The normalized spacial score (nSPS) is 11.7. The molecule has 0 unspecified atom stereocenters. The quantitative estimate of drug-likeness (QED) is 0.425. The predicted molar refractivity (Wildman–Crippen MR) is 123 cm³/mol. The molecular weight excluding hydrogens is 372 g/mol.